The minimum absolute atomic E-state index is 0.0251. The van der Waals surface area contributed by atoms with Crippen LogP contribution in [-0.2, 0) is 4.79 Å². The topological polar surface area (TPSA) is 100 Å². The number of carbonyl (C=O) groups excluding carboxylic acids is 2. The third kappa shape index (κ3) is 4.79. The van der Waals surface area contributed by atoms with E-state index in [-0.39, 0.29) is 23.8 Å². The smallest absolute Gasteiger partial charge is 0.259 e. The van der Waals surface area contributed by atoms with Gasteiger partial charge in [0, 0.05) is 42.6 Å². The SMILES string of the molecule is CC(C)Nc1ncccc1C(=O)Nc1ccc(N2CCC(C(N)=O)CC2)cc1. The molecule has 0 unspecified atom stereocenters. The van der Waals surface area contributed by atoms with Gasteiger partial charge in [-0.25, -0.2) is 4.98 Å². The molecule has 4 N–H and O–H groups in total. The Kier molecular flexibility index (Phi) is 6.13. The van der Waals surface area contributed by atoms with Crippen molar-refractivity contribution in [1.82, 2.24) is 4.98 Å². The first-order chi connectivity index (χ1) is 13.4. The van der Waals surface area contributed by atoms with Gasteiger partial charge in [0.25, 0.3) is 5.91 Å². The Balaban J connectivity index is 1.63. The van der Waals surface area contributed by atoms with Gasteiger partial charge in [-0.2, -0.15) is 0 Å². The Bertz CT molecular complexity index is 827. The quantitative estimate of drug-likeness (QED) is 0.714. The van der Waals surface area contributed by atoms with Crippen molar-refractivity contribution in [2.24, 2.45) is 11.7 Å². The van der Waals surface area contributed by atoms with Gasteiger partial charge in [-0.1, -0.05) is 0 Å². The zero-order valence-corrected chi connectivity index (χ0v) is 16.3. The lowest BCUT2D eigenvalue weighted by Crippen LogP contribution is -2.38. The van der Waals surface area contributed by atoms with Crippen molar-refractivity contribution in [3.8, 4) is 0 Å². The fourth-order valence-electron chi connectivity index (χ4n) is 3.35. The molecule has 1 aliphatic rings. The maximum absolute atomic E-state index is 12.7. The molecule has 148 valence electrons. The summed E-state index contributed by atoms with van der Waals surface area (Å²) in [5.41, 5.74) is 7.70. The van der Waals surface area contributed by atoms with Crippen molar-refractivity contribution in [2.75, 3.05) is 28.6 Å². The van der Waals surface area contributed by atoms with Crippen LogP contribution in [0, 0.1) is 5.92 Å². The molecule has 0 aliphatic carbocycles. The molecule has 2 aromatic rings. The second kappa shape index (κ2) is 8.73. The summed E-state index contributed by atoms with van der Waals surface area (Å²) in [4.78, 5) is 30.5. The van der Waals surface area contributed by atoms with Gasteiger partial charge in [-0.05, 0) is 63.1 Å². The number of nitrogens with two attached hydrogens (primary N) is 1. The summed E-state index contributed by atoms with van der Waals surface area (Å²) in [6.07, 6.45) is 3.22. The molecule has 2 amide bonds. The Morgan fingerprint density at radius 1 is 1.14 bits per heavy atom. The van der Waals surface area contributed by atoms with Crippen LogP contribution in [0.15, 0.2) is 42.6 Å². The second-order valence-electron chi connectivity index (χ2n) is 7.36. The summed E-state index contributed by atoms with van der Waals surface area (Å²) >= 11 is 0. The van der Waals surface area contributed by atoms with Crippen LogP contribution in [-0.4, -0.2) is 35.9 Å². The molecule has 1 fully saturated rings. The zero-order chi connectivity index (χ0) is 20.1. The predicted octanol–water partition coefficient (Wildman–Crippen LogP) is 2.86. The third-order valence-electron chi connectivity index (χ3n) is 4.87. The average molecular weight is 381 g/mol. The lowest BCUT2D eigenvalue weighted by Gasteiger charge is -2.32. The van der Waals surface area contributed by atoms with Gasteiger partial charge >= 0.3 is 0 Å². The number of carbonyl (C=O) groups is 2. The Hall–Kier alpha value is -3.09. The molecule has 1 aromatic heterocycles. The Labute approximate surface area is 165 Å². The van der Waals surface area contributed by atoms with Gasteiger partial charge in [-0.3, -0.25) is 9.59 Å². The summed E-state index contributed by atoms with van der Waals surface area (Å²) in [5.74, 6) is 0.137. The van der Waals surface area contributed by atoms with Gasteiger partial charge in [0.15, 0.2) is 0 Å². The molecule has 1 aromatic carbocycles. The van der Waals surface area contributed by atoms with Crippen molar-refractivity contribution in [1.29, 1.82) is 0 Å². The highest BCUT2D eigenvalue weighted by molar-refractivity contribution is 6.07. The molecule has 3 rings (SSSR count). The van der Waals surface area contributed by atoms with Crippen molar-refractivity contribution in [2.45, 2.75) is 32.7 Å². The van der Waals surface area contributed by atoms with Crippen LogP contribution in [0.5, 0.6) is 0 Å². The van der Waals surface area contributed by atoms with Crippen LogP contribution in [0.1, 0.15) is 37.0 Å². The van der Waals surface area contributed by atoms with E-state index in [1.807, 2.05) is 38.1 Å². The summed E-state index contributed by atoms with van der Waals surface area (Å²) in [6.45, 7) is 5.61. The number of nitrogens with zero attached hydrogens (tertiary/aromatic N) is 2. The number of amides is 2. The van der Waals surface area contributed by atoms with E-state index in [1.54, 1.807) is 18.3 Å². The molecule has 0 spiro atoms. The first-order valence-electron chi connectivity index (χ1n) is 9.61. The van der Waals surface area contributed by atoms with E-state index >= 15 is 0 Å². The third-order valence-corrected chi connectivity index (χ3v) is 4.87. The monoisotopic (exact) mass is 381 g/mol. The number of primary amides is 1. The highest BCUT2D eigenvalue weighted by Crippen LogP contribution is 2.25. The molecule has 0 bridgehead atoms. The molecule has 0 radical (unpaired) electrons. The number of nitrogens with one attached hydrogen (secondary N) is 2. The molecule has 28 heavy (non-hydrogen) atoms. The Morgan fingerprint density at radius 3 is 2.43 bits per heavy atom. The van der Waals surface area contributed by atoms with Crippen LogP contribution in [0.25, 0.3) is 0 Å². The van der Waals surface area contributed by atoms with Gasteiger partial charge in [-0.15, -0.1) is 0 Å². The normalized spacial score (nSPS) is 14.8. The molecular formula is C21H27N5O2. The van der Waals surface area contributed by atoms with E-state index in [2.05, 4.69) is 20.5 Å². The van der Waals surface area contributed by atoms with E-state index < -0.39 is 0 Å². The first-order valence-corrected chi connectivity index (χ1v) is 9.61. The van der Waals surface area contributed by atoms with Crippen molar-refractivity contribution >= 4 is 29.0 Å². The van der Waals surface area contributed by atoms with E-state index in [9.17, 15) is 9.59 Å². The second-order valence-corrected chi connectivity index (χ2v) is 7.36. The number of rotatable bonds is 6. The lowest BCUT2D eigenvalue weighted by atomic mass is 9.96. The minimum atomic E-state index is -0.209. The molecule has 1 saturated heterocycles. The predicted molar refractivity (Wildman–Crippen MR) is 112 cm³/mol. The summed E-state index contributed by atoms with van der Waals surface area (Å²) in [6, 6.07) is 11.4. The number of anilines is 3. The first kappa shape index (κ1) is 19.7. The fourth-order valence-corrected chi connectivity index (χ4v) is 3.35. The molecule has 7 nitrogen and oxygen atoms in total. The number of piperidine rings is 1. The molecule has 7 heteroatoms. The van der Waals surface area contributed by atoms with Crippen LogP contribution in [0.4, 0.5) is 17.2 Å². The maximum Gasteiger partial charge on any atom is 0.259 e. The van der Waals surface area contributed by atoms with E-state index in [1.165, 1.54) is 0 Å². The summed E-state index contributed by atoms with van der Waals surface area (Å²) in [5, 5.41) is 6.12. The Morgan fingerprint density at radius 2 is 1.82 bits per heavy atom. The standard InChI is InChI=1S/C21H27N5O2/c1-14(2)24-20-18(4-3-11-23-20)21(28)25-16-5-7-17(8-6-16)26-12-9-15(10-13-26)19(22)27/h3-8,11,14-15H,9-10,12-13H2,1-2H3,(H2,22,27)(H,23,24)(H,25,28). The minimum Gasteiger partial charge on any atom is -0.371 e. The van der Waals surface area contributed by atoms with Crippen LogP contribution >= 0.6 is 0 Å². The number of hydrogen-bond acceptors (Lipinski definition) is 5. The van der Waals surface area contributed by atoms with E-state index in [4.69, 9.17) is 5.73 Å². The molecule has 1 aliphatic heterocycles. The summed E-state index contributed by atoms with van der Waals surface area (Å²) in [7, 11) is 0. The number of benzene rings is 1. The average Bonchev–Trinajstić information content (AvgIpc) is 2.68. The molecule has 2 heterocycles. The van der Waals surface area contributed by atoms with Gasteiger partial charge in [0.1, 0.15) is 5.82 Å². The molecular weight excluding hydrogens is 354 g/mol. The van der Waals surface area contributed by atoms with E-state index in [0.29, 0.717) is 11.4 Å². The van der Waals surface area contributed by atoms with Crippen LogP contribution in [0.3, 0.4) is 0 Å². The van der Waals surface area contributed by atoms with Crippen LogP contribution < -0.4 is 21.3 Å². The highest BCUT2D eigenvalue weighted by atomic mass is 16.2. The van der Waals surface area contributed by atoms with E-state index in [0.717, 1.165) is 37.3 Å². The van der Waals surface area contributed by atoms with Gasteiger partial charge in [0.2, 0.25) is 5.91 Å². The molecule has 0 saturated carbocycles. The lowest BCUT2D eigenvalue weighted by molar-refractivity contribution is -0.122. The van der Waals surface area contributed by atoms with Gasteiger partial charge in [0.05, 0.1) is 5.56 Å². The van der Waals surface area contributed by atoms with Crippen LogP contribution in [0.2, 0.25) is 0 Å². The van der Waals surface area contributed by atoms with Crippen molar-refractivity contribution in [3.63, 3.8) is 0 Å². The fraction of sp³-hybridized carbons (Fsp3) is 0.381. The van der Waals surface area contributed by atoms with Crippen molar-refractivity contribution in [3.05, 3.63) is 48.2 Å². The van der Waals surface area contributed by atoms with Crippen molar-refractivity contribution < 1.29 is 9.59 Å². The van der Waals surface area contributed by atoms with Gasteiger partial charge < -0.3 is 21.3 Å². The largest absolute Gasteiger partial charge is 0.371 e. The maximum atomic E-state index is 12.7. The number of pyridine rings is 1. The number of aromatic nitrogens is 1. The summed E-state index contributed by atoms with van der Waals surface area (Å²) < 4.78 is 0. The molecule has 0 atom stereocenters. The number of hydrogen-bond donors (Lipinski definition) is 3. The highest BCUT2D eigenvalue weighted by Gasteiger charge is 2.23. The zero-order valence-electron chi connectivity index (χ0n) is 16.3.